The normalized spacial score (nSPS) is 8.10. The smallest absolute Gasteiger partial charge is 0.872 e. The zero-order valence-electron chi connectivity index (χ0n) is 6.13. The fourth-order valence-corrected chi connectivity index (χ4v) is 0.576. The Kier molecular flexibility index (Phi) is 5.99. The van der Waals surface area contributed by atoms with Crippen LogP contribution in [-0.2, 0) is 0 Å². The van der Waals surface area contributed by atoms with Crippen LogP contribution in [0.2, 0.25) is 0 Å². The second-order valence-corrected chi connectivity index (χ2v) is 1.68. The Labute approximate surface area is 119 Å². The van der Waals surface area contributed by atoms with Crippen molar-refractivity contribution in [1.82, 2.24) is 0 Å². The summed E-state index contributed by atoms with van der Waals surface area (Å²) in [7, 11) is 1.57. The molecule has 0 saturated heterocycles. The Morgan fingerprint density at radius 3 is 2.10 bits per heavy atom. The largest absolute Gasteiger partial charge is 1.00 e. The maximum atomic E-state index is 10.5. The van der Waals surface area contributed by atoms with Crippen molar-refractivity contribution < 1.29 is 78.7 Å². The number of ether oxygens (including phenoxy) is 1. The number of rotatable bonds is 1. The molecule has 1 rings (SSSR count). The molecule has 0 heterocycles. The number of hydrogen-bond donors (Lipinski definition) is 0. The molecule has 0 amide bonds. The molecule has 0 saturated carbocycles. The zero-order chi connectivity index (χ0) is 6.69. The van der Waals surface area contributed by atoms with E-state index in [4.69, 9.17) is 4.74 Å². The van der Waals surface area contributed by atoms with Crippen LogP contribution in [0.3, 0.4) is 0 Å². The van der Waals surface area contributed by atoms with Crippen LogP contribution in [0.4, 0.5) is 0 Å². The molecule has 2 nitrogen and oxygen atoms in total. The van der Waals surface area contributed by atoms with Gasteiger partial charge in [-0.15, -0.1) is 5.75 Å². The van der Waals surface area contributed by atoms with E-state index in [1.807, 2.05) is 0 Å². The Bertz CT molecular complexity index is 183. The molecule has 0 spiro atoms. The molecule has 0 unspecified atom stereocenters. The quantitative estimate of drug-likeness (QED) is 0.570. The van der Waals surface area contributed by atoms with Gasteiger partial charge in [0.25, 0.3) is 0 Å². The first-order valence-corrected chi connectivity index (χ1v) is 2.64. The molecule has 0 N–H and O–H groups in total. The molecule has 0 bridgehead atoms. The fourth-order valence-electron chi connectivity index (χ4n) is 0.576. The van der Waals surface area contributed by atoms with E-state index in [0.717, 1.165) is 5.75 Å². The van der Waals surface area contributed by atoms with Gasteiger partial charge >= 0.3 is 68.9 Å². The number of hydrogen-bond acceptors (Lipinski definition) is 2. The molecule has 0 radical (unpaired) electrons. The monoisotopic (exact) mass is 256 g/mol. The number of benzene rings is 1. The van der Waals surface area contributed by atoms with Gasteiger partial charge in [-0.1, -0.05) is 12.1 Å². The van der Waals surface area contributed by atoms with E-state index in [1.54, 1.807) is 19.2 Å². The van der Waals surface area contributed by atoms with Gasteiger partial charge in [0.2, 0.25) is 0 Å². The van der Waals surface area contributed by atoms with Crippen LogP contribution in [0.15, 0.2) is 24.3 Å². The van der Waals surface area contributed by atoms with Gasteiger partial charge < -0.3 is 9.84 Å². The Hall–Kier alpha value is 0.872. The van der Waals surface area contributed by atoms with Crippen LogP contribution >= 0.6 is 0 Å². The molecule has 3 heteroatoms. The second-order valence-electron chi connectivity index (χ2n) is 1.68. The summed E-state index contributed by atoms with van der Waals surface area (Å²) in [6.07, 6.45) is 0. The summed E-state index contributed by atoms with van der Waals surface area (Å²) in [5.41, 5.74) is 0. The van der Waals surface area contributed by atoms with E-state index < -0.39 is 0 Å². The van der Waals surface area contributed by atoms with Crippen molar-refractivity contribution in [3.05, 3.63) is 24.3 Å². The summed E-state index contributed by atoms with van der Waals surface area (Å²) in [6.45, 7) is 0. The van der Waals surface area contributed by atoms with Gasteiger partial charge in [0, 0.05) is 0 Å². The average Bonchev–Trinajstić information content (AvgIpc) is 1.90. The molecule has 1 aromatic rings. The van der Waals surface area contributed by atoms with Gasteiger partial charge in [0.1, 0.15) is 5.75 Å². The molecule has 0 aliphatic heterocycles. The van der Waals surface area contributed by atoms with E-state index in [-0.39, 0.29) is 74.6 Å². The summed E-state index contributed by atoms with van der Waals surface area (Å²) < 4.78 is 4.83. The van der Waals surface area contributed by atoms with Crippen molar-refractivity contribution in [2.24, 2.45) is 0 Å². The third kappa shape index (κ3) is 3.32. The van der Waals surface area contributed by atoms with Gasteiger partial charge in [0.05, 0.1) is 7.11 Å². The average molecular weight is 256 g/mol. The van der Waals surface area contributed by atoms with E-state index in [1.165, 1.54) is 12.1 Å². The molecule has 48 valence electrons. The Balaban J connectivity index is 0.000000810. The predicted octanol–water partition coefficient (Wildman–Crippen LogP) is -2.23. The first kappa shape index (κ1) is 10.9. The van der Waals surface area contributed by atoms with Crippen molar-refractivity contribution in [2.45, 2.75) is 0 Å². The first-order chi connectivity index (χ1) is 4.33. The second kappa shape index (κ2) is 5.51. The Morgan fingerprint density at radius 2 is 1.70 bits per heavy atom. The van der Waals surface area contributed by atoms with Gasteiger partial charge in [-0.05, 0) is 12.1 Å². The van der Waals surface area contributed by atoms with E-state index >= 15 is 0 Å². The van der Waals surface area contributed by atoms with Gasteiger partial charge in [-0.25, -0.2) is 0 Å². The molecular formula is C7H7CsO2. The molecule has 0 atom stereocenters. The van der Waals surface area contributed by atoms with Crippen LogP contribution in [0, 0.1) is 0 Å². The van der Waals surface area contributed by atoms with Crippen molar-refractivity contribution in [1.29, 1.82) is 0 Å². The molecule has 1 aromatic carbocycles. The summed E-state index contributed by atoms with van der Waals surface area (Å²) in [6, 6.07) is 6.22. The van der Waals surface area contributed by atoms with Crippen molar-refractivity contribution in [3.63, 3.8) is 0 Å². The molecular weight excluding hydrogens is 249 g/mol. The van der Waals surface area contributed by atoms with Crippen LogP contribution in [0.25, 0.3) is 0 Å². The molecule has 0 aromatic heterocycles. The SMILES string of the molecule is COc1ccc([O-])cc1.[Cs+]. The van der Waals surface area contributed by atoms with E-state index in [2.05, 4.69) is 0 Å². The van der Waals surface area contributed by atoms with Gasteiger partial charge in [-0.2, -0.15) is 0 Å². The third-order valence-electron chi connectivity index (χ3n) is 1.06. The molecule has 0 aliphatic carbocycles. The summed E-state index contributed by atoms with van der Waals surface area (Å²) in [5.74, 6) is 0.727. The Morgan fingerprint density at radius 1 is 1.20 bits per heavy atom. The maximum Gasteiger partial charge on any atom is 1.00 e. The summed E-state index contributed by atoms with van der Waals surface area (Å²) in [4.78, 5) is 0. The zero-order valence-corrected chi connectivity index (χ0v) is 12.4. The molecule has 10 heavy (non-hydrogen) atoms. The van der Waals surface area contributed by atoms with Crippen LogP contribution in [-0.4, -0.2) is 7.11 Å². The van der Waals surface area contributed by atoms with Crippen molar-refractivity contribution in [2.75, 3.05) is 7.11 Å². The third-order valence-corrected chi connectivity index (χ3v) is 1.06. The molecule has 0 fully saturated rings. The van der Waals surface area contributed by atoms with Gasteiger partial charge in [0.15, 0.2) is 0 Å². The maximum absolute atomic E-state index is 10.5. The minimum Gasteiger partial charge on any atom is -0.872 e. The minimum atomic E-state index is 0. The van der Waals surface area contributed by atoms with E-state index in [0.29, 0.717) is 0 Å². The van der Waals surface area contributed by atoms with Crippen LogP contribution in [0.1, 0.15) is 0 Å². The van der Waals surface area contributed by atoms with Crippen LogP contribution < -0.4 is 78.7 Å². The van der Waals surface area contributed by atoms with E-state index in [9.17, 15) is 5.11 Å². The van der Waals surface area contributed by atoms with Crippen molar-refractivity contribution in [3.8, 4) is 11.5 Å². The fraction of sp³-hybridized carbons (Fsp3) is 0.143. The first-order valence-electron chi connectivity index (χ1n) is 2.64. The minimum absolute atomic E-state index is 0. The number of methoxy groups -OCH3 is 1. The van der Waals surface area contributed by atoms with Crippen molar-refractivity contribution >= 4 is 0 Å². The van der Waals surface area contributed by atoms with Gasteiger partial charge in [-0.3, -0.25) is 0 Å². The summed E-state index contributed by atoms with van der Waals surface area (Å²) >= 11 is 0. The topological polar surface area (TPSA) is 32.3 Å². The molecule has 0 aliphatic rings. The predicted molar refractivity (Wildman–Crippen MR) is 32.4 cm³/mol. The standard InChI is InChI=1S/C7H8O2.Cs/c1-9-7-4-2-6(8)3-5-7;/h2-5,8H,1H3;/q;+1/p-1. The summed E-state index contributed by atoms with van der Waals surface area (Å²) in [5, 5.41) is 10.5. The van der Waals surface area contributed by atoms with Crippen LogP contribution in [0.5, 0.6) is 11.5 Å².